The van der Waals surface area contributed by atoms with E-state index >= 15 is 0 Å². The second-order valence-corrected chi connectivity index (χ2v) is 5.77. The number of hydrogen-bond donors (Lipinski definition) is 0. The molecule has 0 aromatic carbocycles. The zero-order chi connectivity index (χ0) is 13.1. The third kappa shape index (κ3) is 3.21. The number of rotatable bonds is 3. The molecule has 1 aliphatic rings. The van der Waals surface area contributed by atoms with Crippen molar-refractivity contribution >= 4 is 11.3 Å². The minimum atomic E-state index is 0.105. The first-order valence-electron chi connectivity index (χ1n) is 6.59. The summed E-state index contributed by atoms with van der Waals surface area (Å²) in [5.41, 5.74) is 3.62. The lowest BCUT2D eigenvalue weighted by molar-refractivity contribution is -0.0349. The molecule has 4 heteroatoms. The molecule has 0 radical (unpaired) electrons. The zero-order valence-electron chi connectivity index (χ0n) is 11.1. The fraction of sp³-hybridized carbons (Fsp3) is 0.400. The SMILES string of the molecule is Cc1ccc([C@H]2CN(Cc3ccsc3)CCO2)nc1. The number of morpholine rings is 1. The molecule has 3 heterocycles. The van der Waals surface area contributed by atoms with Gasteiger partial charge in [-0.15, -0.1) is 0 Å². The number of thiophene rings is 1. The molecule has 0 unspecified atom stereocenters. The van der Waals surface area contributed by atoms with Crippen molar-refractivity contribution in [1.82, 2.24) is 9.88 Å². The molecule has 19 heavy (non-hydrogen) atoms. The number of aryl methyl sites for hydroxylation is 1. The first-order chi connectivity index (χ1) is 9.31. The summed E-state index contributed by atoms with van der Waals surface area (Å²) in [4.78, 5) is 6.93. The maximum atomic E-state index is 5.85. The molecule has 3 rings (SSSR count). The van der Waals surface area contributed by atoms with Crippen molar-refractivity contribution in [2.45, 2.75) is 19.6 Å². The predicted molar refractivity (Wildman–Crippen MR) is 77.3 cm³/mol. The first kappa shape index (κ1) is 12.8. The molecule has 3 nitrogen and oxygen atoms in total. The second-order valence-electron chi connectivity index (χ2n) is 4.99. The molecule has 0 bridgehead atoms. The van der Waals surface area contributed by atoms with Crippen molar-refractivity contribution in [2.24, 2.45) is 0 Å². The van der Waals surface area contributed by atoms with Crippen LogP contribution < -0.4 is 0 Å². The summed E-state index contributed by atoms with van der Waals surface area (Å²) in [5, 5.41) is 4.35. The van der Waals surface area contributed by atoms with Crippen LogP contribution >= 0.6 is 11.3 Å². The van der Waals surface area contributed by atoms with Gasteiger partial charge in [-0.25, -0.2) is 0 Å². The zero-order valence-corrected chi connectivity index (χ0v) is 11.9. The summed E-state index contributed by atoms with van der Waals surface area (Å²) in [6, 6.07) is 6.37. The van der Waals surface area contributed by atoms with Crippen LogP contribution in [0.5, 0.6) is 0 Å². The second kappa shape index (κ2) is 5.82. The smallest absolute Gasteiger partial charge is 0.112 e. The summed E-state index contributed by atoms with van der Waals surface area (Å²) >= 11 is 1.76. The van der Waals surface area contributed by atoms with E-state index in [1.165, 1.54) is 11.1 Å². The van der Waals surface area contributed by atoms with Crippen molar-refractivity contribution in [3.63, 3.8) is 0 Å². The van der Waals surface area contributed by atoms with Gasteiger partial charge in [0.25, 0.3) is 0 Å². The van der Waals surface area contributed by atoms with Crippen molar-refractivity contribution in [3.05, 3.63) is 52.0 Å². The molecule has 100 valence electrons. The van der Waals surface area contributed by atoms with Crippen LogP contribution in [0.2, 0.25) is 0 Å². The predicted octanol–water partition coefficient (Wildman–Crippen LogP) is 3.03. The van der Waals surface area contributed by atoms with Crippen LogP contribution in [-0.4, -0.2) is 29.6 Å². The van der Waals surface area contributed by atoms with Crippen LogP contribution in [0.15, 0.2) is 35.2 Å². The number of ether oxygens (including phenoxy) is 1. The van der Waals surface area contributed by atoms with Gasteiger partial charge in [-0.2, -0.15) is 11.3 Å². The highest BCUT2D eigenvalue weighted by molar-refractivity contribution is 7.07. The minimum Gasteiger partial charge on any atom is -0.369 e. The molecule has 2 aromatic heterocycles. The molecule has 1 saturated heterocycles. The van der Waals surface area contributed by atoms with Gasteiger partial charge in [0.05, 0.1) is 12.3 Å². The van der Waals surface area contributed by atoms with E-state index in [-0.39, 0.29) is 6.10 Å². The Balaban J connectivity index is 1.66. The minimum absolute atomic E-state index is 0.105. The Kier molecular flexibility index (Phi) is 3.92. The van der Waals surface area contributed by atoms with Crippen molar-refractivity contribution < 1.29 is 4.74 Å². The fourth-order valence-corrected chi connectivity index (χ4v) is 3.00. The Bertz CT molecular complexity index is 509. The third-order valence-electron chi connectivity index (χ3n) is 3.40. The van der Waals surface area contributed by atoms with E-state index in [0.29, 0.717) is 0 Å². The molecule has 1 atom stereocenters. The Morgan fingerprint density at radius 1 is 1.42 bits per heavy atom. The van der Waals surface area contributed by atoms with Crippen LogP contribution in [0.3, 0.4) is 0 Å². The summed E-state index contributed by atoms with van der Waals surface area (Å²) in [6.07, 6.45) is 2.02. The average molecular weight is 274 g/mol. The number of nitrogens with zero attached hydrogens (tertiary/aromatic N) is 2. The summed E-state index contributed by atoms with van der Waals surface area (Å²) < 4.78 is 5.85. The molecular formula is C15H18N2OS. The lowest BCUT2D eigenvalue weighted by atomic mass is 10.1. The van der Waals surface area contributed by atoms with Gasteiger partial charge in [0.15, 0.2) is 0 Å². The van der Waals surface area contributed by atoms with Gasteiger partial charge in [-0.05, 0) is 40.9 Å². The van der Waals surface area contributed by atoms with Crippen molar-refractivity contribution in [1.29, 1.82) is 0 Å². The van der Waals surface area contributed by atoms with Crippen molar-refractivity contribution in [3.8, 4) is 0 Å². The standard InChI is InChI=1S/C15H18N2OS/c1-12-2-3-14(16-8-12)15-10-17(5-6-18-15)9-13-4-7-19-11-13/h2-4,7-8,11,15H,5-6,9-10H2,1H3/t15-/m1/s1. The lowest BCUT2D eigenvalue weighted by Crippen LogP contribution is -2.38. The Morgan fingerprint density at radius 2 is 2.37 bits per heavy atom. The third-order valence-corrected chi connectivity index (χ3v) is 4.13. The molecule has 0 amide bonds. The molecule has 0 spiro atoms. The molecule has 0 N–H and O–H groups in total. The van der Waals surface area contributed by atoms with E-state index < -0.39 is 0 Å². The first-order valence-corrected chi connectivity index (χ1v) is 7.53. The molecule has 1 fully saturated rings. The topological polar surface area (TPSA) is 25.4 Å². The maximum Gasteiger partial charge on any atom is 0.112 e. The van der Waals surface area contributed by atoms with E-state index in [9.17, 15) is 0 Å². The highest BCUT2D eigenvalue weighted by atomic mass is 32.1. The van der Waals surface area contributed by atoms with Crippen LogP contribution in [0.25, 0.3) is 0 Å². The summed E-state index contributed by atoms with van der Waals surface area (Å²) in [6.45, 7) is 5.77. The highest BCUT2D eigenvalue weighted by Crippen LogP contribution is 2.22. The number of pyridine rings is 1. The normalized spacial score (nSPS) is 20.6. The molecular weight excluding hydrogens is 256 g/mol. The Morgan fingerprint density at radius 3 is 3.11 bits per heavy atom. The quantitative estimate of drug-likeness (QED) is 0.860. The number of aromatic nitrogens is 1. The van der Waals surface area contributed by atoms with Crippen LogP contribution in [-0.2, 0) is 11.3 Å². The van der Waals surface area contributed by atoms with Crippen LogP contribution in [0.4, 0.5) is 0 Å². The largest absolute Gasteiger partial charge is 0.369 e. The summed E-state index contributed by atoms with van der Waals surface area (Å²) in [7, 11) is 0. The van der Waals surface area contributed by atoms with Gasteiger partial charge in [0.2, 0.25) is 0 Å². The van der Waals surface area contributed by atoms with Gasteiger partial charge < -0.3 is 4.74 Å². The van der Waals surface area contributed by atoms with Gasteiger partial charge >= 0.3 is 0 Å². The van der Waals surface area contributed by atoms with E-state index in [2.05, 4.69) is 45.8 Å². The monoisotopic (exact) mass is 274 g/mol. The van der Waals surface area contributed by atoms with E-state index in [1.807, 2.05) is 6.20 Å². The molecule has 0 saturated carbocycles. The number of hydrogen-bond acceptors (Lipinski definition) is 4. The maximum absolute atomic E-state index is 5.85. The van der Waals surface area contributed by atoms with Gasteiger partial charge in [0, 0.05) is 25.8 Å². The molecule has 0 aliphatic carbocycles. The lowest BCUT2D eigenvalue weighted by Gasteiger charge is -2.32. The molecule has 2 aromatic rings. The van der Waals surface area contributed by atoms with Gasteiger partial charge in [-0.1, -0.05) is 6.07 Å². The Labute approximate surface area is 117 Å². The fourth-order valence-electron chi connectivity index (χ4n) is 2.34. The average Bonchev–Trinajstić information content (AvgIpc) is 2.93. The van der Waals surface area contributed by atoms with E-state index in [4.69, 9.17) is 4.74 Å². The van der Waals surface area contributed by atoms with Gasteiger partial charge in [0.1, 0.15) is 6.10 Å². The molecule has 1 aliphatic heterocycles. The highest BCUT2D eigenvalue weighted by Gasteiger charge is 2.22. The van der Waals surface area contributed by atoms with Crippen molar-refractivity contribution in [2.75, 3.05) is 19.7 Å². The van der Waals surface area contributed by atoms with Crippen LogP contribution in [0.1, 0.15) is 22.9 Å². The van der Waals surface area contributed by atoms with E-state index in [1.54, 1.807) is 11.3 Å². The van der Waals surface area contributed by atoms with E-state index in [0.717, 1.165) is 31.9 Å². The van der Waals surface area contributed by atoms with Gasteiger partial charge in [-0.3, -0.25) is 9.88 Å². The Hall–Kier alpha value is -1.23. The summed E-state index contributed by atoms with van der Waals surface area (Å²) in [5.74, 6) is 0. The van der Waals surface area contributed by atoms with Crippen LogP contribution in [0, 0.1) is 6.92 Å².